The Morgan fingerprint density at radius 3 is 2.45 bits per heavy atom. The zero-order chi connectivity index (χ0) is 14.7. The van der Waals surface area contributed by atoms with E-state index < -0.39 is 0 Å². The zero-order valence-electron chi connectivity index (χ0n) is 11.7. The van der Waals surface area contributed by atoms with Crippen molar-refractivity contribution < 1.29 is 4.74 Å². The van der Waals surface area contributed by atoms with Gasteiger partial charge in [-0.05, 0) is 78.3 Å². The summed E-state index contributed by atoms with van der Waals surface area (Å²) in [5.74, 6) is 1.60. The maximum atomic E-state index is 5.95. The predicted molar refractivity (Wildman–Crippen MR) is 87.9 cm³/mol. The first-order valence-corrected chi connectivity index (χ1v) is 7.59. The Bertz CT molecular complexity index is 615. The summed E-state index contributed by atoms with van der Waals surface area (Å²) < 4.78 is 6.87. The minimum Gasteiger partial charge on any atom is -0.456 e. The lowest BCUT2D eigenvalue weighted by Crippen LogP contribution is -2.12. The van der Waals surface area contributed by atoms with Crippen molar-refractivity contribution in [2.75, 3.05) is 7.05 Å². The van der Waals surface area contributed by atoms with Gasteiger partial charge in [-0.15, -0.1) is 0 Å². The topological polar surface area (TPSA) is 21.3 Å². The molecule has 0 aromatic heterocycles. The van der Waals surface area contributed by atoms with Crippen LogP contribution >= 0.6 is 27.5 Å². The van der Waals surface area contributed by atoms with Crippen molar-refractivity contribution in [2.24, 2.45) is 0 Å². The van der Waals surface area contributed by atoms with Crippen LogP contribution in [0.25, 0.3) is 0 Å². The molecule has 0 aliphatic carbocycles. The number of hydrogen-bond acceptors (Lipinski definition) is 2. The molecule has 0 bridgehead atoms. The minimum atomic E-state index is 0.303. The van der Waals surface area contributed by atoms with Crippen molar-refractivity contribution in [3.05, 3.63) is 57.0 Å². The second-order valence-electron chi connectivity index (χ2n) is 4.71. The van der Waals surface area contributed by atoms with Gasteiger partial charge in [0.25, 0.3) is 0 Å². The predicted octanol–water partition coefficient (Wildman–Crippen LogP) is 5.48. The highest BCUT2D eigenvalue weighted by molar-refractivity contribution is 9.10. The summed E-state index contributed by atoms with van der Waals surface area (Å²) >= 11 is 9.51. The summed E-state index contributed by atoms with van der Waals surface area (Å²) in [5, 5.41) is 3.93. The first kappa shape index (κ1) is 15.4. The second kappa shape index (κ2) is 6.61. The average molecular weight is 355 g/mol. The van der Waals surface area contributed by atoms with E-state index in [1.165, 1.54) is 5.56 Å². The van der Waals surface area contributed by atoms with Gasteiger partial charge in [0.1, 0.15) is 11.5 Å². The van der Waals surface area contributed by atoms with Crippen molar-refractivity contribution >= 4 is 27.5 Å². The van der Waals surface area contributed by atoms with Crippen molar-refractivity contribution in [2.45, 2.75) is 19.9 Å². The Morgan fingerprint density at radius 1 is 1.15 bits per heavy atom. The van der Waals surface area contributed by atoms with E-state index >= 15 is 0 Å². The third-order valence-electron chi connectivity index (χ3n) is 3.25. The van der Waals surface area contributed by atoms with Crippen molar-refractivity contribution in [3.63, 3.8) is 0 Å². The van der Waals surface area contributed by atoms with Crippen LogP contribution in [0.5, 0.6) is 11.5 Å². The molecule has 0 heterocycles. The zero-order valence-corrected chi connectivity index (χ0v) is 14.0. The maximum absolute atomic E-state index is 5.95. The van der Waals surface area contributed by atoms with E-state index in [1.807, 2.05) is 38.2 Å². The fourth-order valence-electron chi connectivity index (χ4n) is 1.88. The third-order valence-corrected chi connectivity index (χ3v) is 4.10. The lowest BCUT2D eigenvalue weighted by atomic mass is 10.1. The molecule has 106 valence electrons. The van der Waals surface area contributed by atoms with E-state index in [0.29, 0.717) is 11.1 Å². The van der Waals surface area contributed by atoms with E-state index in [-0.39, 0.29) is 0 Å². The Morgan fingerprint density at radius 2 is 1.85 bits per heavy atom. The molecule has 4 heteroatoms. The number of halogens is 2. The van der Waals surface area contributed by atoms with E-state index in [4.69, 9.17) is 16.3 Å². The van der Waals surface area contributed by atoms with Crippen LogP contribution in [0.4, 0.5) is 0 Å². The van der Waals surface area contributed by atoms with Crippen LogP contribution in [0, 0.1) is 6.92 Å². The van der Waals surface area contributed by atoms with Crippen LogP contribution in [-0.4, -0.2) is 7.05 Å². The lowest BCUT2D eigenvalue weighted by Gasteiger charge is -2.14. The number of aryl methyl sites for hydroxylation is 1. The molecule has 0 saturated carbocycles. The van der Waals surface area contributed by atoms with Crippen LogP contribution in [-0.2, 0) is 0 Å². The smallest absolute Gasteiger partial charge is 0.141 e. The number of nitrogens with one attached hydrogen (secondary N) is 1. The van der Waals surface area contributed by atoms with E-state index in [0.717, 1.165) is 21.5 Å². The number of ether oxygens (including phenoxy) is 1. The fraction of sp³-hybridized carbons (Fsp3) is 0.250. The van der Waals surface area contributed by atoms with E-state index in [9.17, 15) is 0 Å². The molecule has 1 atom stereocenters. The normalized spacial score (nSPS) is 12.2. The van der Waals surface area contributed by atoms with Crippen molar-refractivity contribution in [3.8, 4) is 11.5 Å². The summed E-state index contributed by atoms with van der Waals surface area (Å²) in [6.45, 7) is 4.10. The quantitative estimate of drug-likeness (QED) is 0.784. The van der Waals surface area contributed by atoms with Gasteiger partial charge in [0.2, 0.25) is 0 Å². The summed E-state index contributed by atoms with van der Waals surface area (Å²) in [6.07, 6.45) is 0. The van der Waals surface area contributed by atoms with E-state index in [1.54, 1.807) is 0 Å². The molecule has 0 radical (unpaired) electrons. The molecule has 0 amide bonds. The SMILES string of the molecule is CNC(C)c1ccc(Oc2ccc(Cl)cc2C)c(Br)c1. The van der Waals surface area contributed by atoms with Crippen LogP contribution < -0.4 is 10.1 Å². The summed E-state index contributed by atoms with van der Waals surface area (Å²) in [6, 6.07) is 12.0. The van der Waals surface area contributed by atoms with Crippen LogP contribution in [0.3, 0.4) is 0 Å². The molecule has 2 rings (SSSR count). The van der Waals surface area contributed by atoms with Gasteiger partial charge >= 0.3 is 0 Å². The molecule has 2 aromatic rings. The molecule has 2 aromatic carbocycles. The molecular weight excluding hydrogens is 338 g/mol. The monoisotopic (exact) mass is 353 g/mol. The van der Waals surface area contributed by atoms with Crippen LogP contribution in [0.15, 0.2) is 40.9 Å². The molecule has 20 heavy (non-hydrogen) atoms. The molecule has 1 N–H and O–H groups in total. The first-order valence-electron chi connectivity index (χ1n) is 6.42. The van der Waals surface area contributed by atoms with Crippen LogP contribution in [0.1, 0.15) is 24.1 Å². The standard InChI is InChI=1S/C16H17BrClNO/c1-10-8-13(18)5-7-15(10)20-16-6-4-12(9-14(16)17)11(2)19-3/h4-9,11,19H,1-3H3. The largest absolute Gasteiger partial charge is 0.456 e. The fourth-order valence-corrected chi connectivity index (χ4v) is 2.59. The van der Waals surface area contributed by atoms with Gasteiger partial charge in [-0.3, -0.25) is 0 Å². The molecule has 0 aliphatic heterocycles. The average Bonchev–Trinajstić information content (AvgIpc) is 2.42. The van der Waals surface area contributed by atoms with Gasteiger partial charge in [-0.1, -0.05) is 17.7 Å². The van der Waals surface area contributed by atoms with Gasteiger partial charge in [-0.2, -0.15) is 0 Å². The number of rotatable bonds is 4. The van der Waals surface area contributed by atoms with Crippen LogP contribution in [0.2, 0.25) is 5.02 Å². The molecule has 1 unspecified atom stereocenters. The third kappa shape index (κ3) is 3.54. The molecule has 0 fully saturated rings. The summed E-state index contributed by atoms with van der Waals surface area (Å²) in [4.78, 5) is 0. The van der Waals surface area contributed by atoms with Gasteiger partial charge in [-0.25, -0.2) is 0 Å². The van der Waals surface area contributed by atoms with Crippen molar-refractivity contribution in [1.82, 2.24) is 5.32 Å². The Kier molecular flexibility index (Phi) is 5.08. The van der Waals surface area contributed by atoms with Gasteiger partial charge in [0.15, 0.2) is 0 Å². The van der Waals surface area contributed by atoms with Gasteiger partial charge in [0, 0.05) is 11.1 Å². The minimum absolute atomic E-state index is 0.303. The Labute approximate surface area is 133 Å². The molecule has 0 aliphatic rings. The Balaban J connectivity index is 2.25. The highest BCUT2D eigenvalue weighted by atomic mass is 79.9. The van der Waals surface area contributed by atoms with Gasteiger partial charge in [0.05, 0.1) is 4.47 Å². The van der Waals surface area contributed by atoms with Gasteiger partial charge < -0.3 is 10.1 Å². The highest BCUT2D eigenvalue weighted by Gasteiger charge is 2.09. The number of hydrogen-bond donors (Lipinski definition) is 1. The lowest BCUT2D eigenvalue weighted by molar-refractivity contribution is 0.475. The molecule has 0 saturated heterocycles. The highest BCUT2D eigenvalue weighted by Crippen LogP contribution is 2.34. The maximum Gasteiger partial charge on any atom is 0.141 e. The van der Waals surface area contributed by atoms with E-state index in [2.05, 4.69) is 40.3 Å². The second-order valence-corrected chi connectivity index (χ2v) is 6.00. The first-order chi connectivity index (χ1) is 9.51. The summed E-state index contributed by atoms with van der Waals surface area (Å²) in [7, 11) is 1.94. The van der Waals surface area contributed by atoms with Crippen molar-refractivity contribution in [1.29, 1.82) is 0 Å². The molecular formula is C16H17BrClNO. The summed E-state index contributed by atoms with van der Waals surface area (Å²) in [5.41, 5.74) is 2.22. The number of benzene rings is 2. The molecule has 0 spiro atoms. The Hall–Kier alpha value is -1.03. The molecule has 2 nitrogen and oxygen atoms in total.